The van der Waals surface area contributed by atoms with Crippen molar-refractivity contribution in [2.24, 2.45) is 0 Å². The van der Waals surface area contributed by atoms with E-state index in [1.54, 1.807) is 14.1 Å². The van der Waals surface area contributed by atoms with Crippen molar-refractivity contribution in [3.05, 3.63) is 28.8 Å². The van der Waals surface area contributed by atoms with E-state index in [0.29, 0.717) is 0 Å². The van der Waals surface area contributed by atoms with Gasteiger partial charge in [-0.1, -0.05) is 17.7 Å². The van der Waals surface area contributed by atoms with Crippen molar-refractivity contribution in [1.29, 1.82) is 0 Å². The van der Waals surface area contributed by atoms with E-state index in [4.69, 9.17) is 21.4 Å². The summed E-state index contributed by atoms with van der Waals surface area (Å²) in [6, 6.07) is 4.37. The zero-order valence-electron chi connectivity index (χ0n) is 9.44. The van der Waals surface area contributed by atoms with E-state index in [9.17, 15) is 9.59 Å². The van der Waals surface area contributed by atoms with Crippen LogP contribution in [0.2, 0.25) is 5.02 Å². The van der Waals surface area contributed by atoms with Gasteiger partial charge in [0.05, 0.1) is 5.02 Å². The van der Waals surface area contributed by atoms with Crippen molar-refractivity contribution in [1.82, 2.24) is 4.90 Å². The first-order valence-corrected chi connectivity index (χ1v) is 5.16. The van der Waals surface area contributed by atoms with Gasteiger partial charge >= 0.3 is 5.97 Å². The highest BCUT2D eigenvalue weighted by molar-refractivity contribution is 6.32. The van der Waals surface area contributed by atoms with E-state index in [-0.39, 0.29) is 28.8 Å². The molecule has 0 bridgehead atoms. The molecule has 1 rings (SSSR count). The molecule has 1 N–H and O–H groups in total. The number of para-hydroxylation sites is 1. The highest BCUT2D eigenvalue weighted by Gasteiger charge is 2.16. The molecule has 92 valence electrons. The van der Waals surface area contributed by atoms with E-state index in [2.05, 4.69) is 0 Å². The number of carboxylic acids is 1. The molecule has 0 spiro atoms. The monoisotopic (exact) mass is 257 g/mol. The fourth-order valence-corrected chi connectivity index (χ4v) is 1.32. The molecule has 1 aromatic rings. The quantitative estimate of drug-likeness (QED) is 0.888. The summed E-state index contributed by atoms with van der Waals surface area (Å²) < 4.78 is 5.15. The van der Waals surface area contributed by atoms with Crippen molar-refractivity contribution in [3.63, 3.8) is 0 Å². The van der Waals surface area contributed by atoms with Crippen LogP contribution in [-0.4, -0.2) is 42.6 Å². The Kier molecular flexibility index (Phi) is 4.34. The zero-order chi connectivity index (χ0) is 13.0. The first-order chi connectivity index (χ1) is 7.93. The van der Waals surface area contributed by atoms with Crippen LogP contribution >= 0.6 is 11.6 Å². The van der Waals surface area contributed by atoms with Gasteiger partial charge in [-0.2, -0.15) is 0 Å². The summed E-state index contributed by atoms with van der Waals surface area (Å²) in [5, 5.41) is 9.09. The second-order valence-corrected chi connectivity index (χ2v) is 3.91. The molecule has 0 fully saturated rings. The molecular weight excluding hydrogens is 246 g/mol. The van der Waals surface area contributed by atoms with Crippen LogP contribution < -0.4 is 4.74 Å². The molecule has 0 aliphatic rings. The molecule has 0 aliphatic carbocycles. The van der Waals surface area contributed by atoms with Gasteiger partial charge < -0.3 is 14.7 Å². The molecule has 6 heteroatoms. The largest absolute Gasteiger partial charge is 0.481 e. The van der Waals surface area contributed by atoms with E-state index in [0.717, 1.165) is 0 Å². The lowest BCUT2D eigenvalue weighted by Gasteiger charge is -2.13. The lowest BCUT2D eigenvalue weighted by atomic mass is 10.2. The van der Waals surface area contributed by atoms with Gasteiger partial charge in [0.2, 0.25) is 0 Å². The molecule has 1 aromatic carbocycles. The van der Waals surface area contributed by atoms with Crippen molar-refractivity contribution in [3.8, 4) is 5.75 Å². The van der Waals surface area contributed by atoms with Gasteiger partial charge in [-0.05, 0) is 12.1 Å². The van der Waals surface area contributed by atoms with Gasteiger partial charge in [0.25, 0.3) is 5.91 Å². The molecule has 0 radical (unpaired) electrons. The minimum absolute atomic E-state index is 0.0110. The summed E-state index contributed by atoms with van der Waals surface area (Å²) in [6.07, 6.45) is 0. The average molecular weight is 258 g/mol. The number of likely N-dealkylation sites (N-methyl/N-ethyl adjacent to an activating group) is 1. The van der Waals surface area contributed by atoms with Crippen molar-refractivity contribution in [2.45, 2.75) is 0 Å². The number of hydrogen-bond acceptors (Lipinski definition) is 3. The molecule has 0 aliphatic heterocycles. The first kappa shape index (κ1) is 13.3. The number of nitrogens with zero attached hydrogens (tertiary/aromatic N) is 1. The Bertz CT molecular complexity index is 445. The fourth-order valence-electron chi connectivity index (χ4n) is 1.09. The maximum absolute atomic E-state index is 11.3. The highest BCUT2D eigenvalue weighted by atomic mass is 35.5. The predicted molar refractivity (Wildman–Crippen MR) is 62.6 cm³/mol. The number of carbonyl (C=O) groups is 2. The van der Waals surface area contributed by atoms with E-state index in [1.165, 1.54) is 23.1 Å². The Morgan fingerprint density at radius 1 is 1.41 bits per heavy atom. The predicted octanol–water partition coefficient (Wildman–Crippen LogP) is 1.51. The average Bonchev–Trinajstić information content (AvgIpc) is 2.26. The smallest absolute Gasteiger partial charge is 0.339 e. The number of rotatable bonds is 4. The van der Waals surface area contributed by atoms with Crippen LogP contribution in [-0.2, 0) is 4.79 Å². The zero-order valence-corrected chi connectivity index (χ0v) is 10.2. The lowest BCUT2D eigenvalue weighted by molar-refractivity contribution is -0.130. The minimum atomic E-state index is -1.15. The molecule has 0 saturated heterocycles. The summed E-state index contributed by atoms with van der Waals surface area (Å²) in [5.74, 6) is -1.42. The van der Waals surface area contributed by atoms with E-state index >= 15 is 0 Å². The third-order valence-electron chi connectivity index (χ3n) is 2.04. The molecule has 5 nitrogen and oxygen atoms in total. The van der Waals surface area contributed by atoms with Gasteiger partial charge in [0.1, 0.15) is 5.56 Å². The normalized spacial score (nSPS) is 9.82. The maximum Gasteiger partial charge on any atom is 0.339 e. The molecular formula is C11H12ClNO4. The van der Waals surface area contributed by atoms with E-state index in [1.807, 2.05) is 0 Å². The number of ether oxygens (including phenoxy) is 1. The number of carbonyl (C=O) groups excluding carboxylic acids is 1. The second kappa shape index (κ2) is 5.54. The summed E-state index contributed by atoms with van der Waals surface area (Å²) in [4.78, 5) is 23.6. The van der Waals surface area contributed by atoms with Crippen LogP contribution in [0.1, 0.15) is 10.4 Å². The second-order valence-electron chi connectivity index (χ2n) is 3.50. The van der Waals surface area contributed by atoms with Crippen LogP contribution in [0, 0.1) is 0 Å². The van der Waals surface area contributed by atoms with Crippen molar-refractivity contribution in [2.75, 3.05) is 20.7 Å². The first-order valence-electron chi connectivity index (χ1n) is 4.78. The molecule has 17 heavy (non-hydrogen) atoms. The van der Waals surface area contributed by atoms with Crippen LogP contribution in [0.3, 0.4) is 0 Å². The molecule has 0 unspecified atom stereocenters. The summed E-state index contributed by atoms with van der Waals surface area (Å²) in [6.45, 7) is -0.253. The Hall–Kier alpha value is -1.75. The Morgan fingerprint density at radius 2 is 2.06 bits per heavy atom. The molecule has 0 atom stereocenters. The summed E-state index contributed by atoms with van der Waals surface area (Å²) >= 11 is 5.82. The number of carboxylic acid groups (broad SMARTS) is 1. The van der Waals surface area contributed by atoms with Crippen LogP contribution in [0.4, 0.5) is 0 Å². The van der Waals surface area contributed by atoms with Crippen LogP contribution in [0.5, 0.6) is 5.75 Å². The van der Waals surface area contributed by atoms with Crippen molar-refractivity contribution < 1.29 is 19.4 Å². The molecule has 1 amide bonds. The van der Waals surface area contributed by atoms with Gasteiger partial charge in [-0.15, -0.1) is 0 Å². The molecule has 0 aromatic heterocycles. The highest BCUT2D eigenvalue weighted by Crippen LogP contribution is 2.28. The molecule has 0 heterocycles. The molecule has 0 saturated carbocycles. The number of aromatic carboxylic acids is 1. The summed E-state index contributed by atoms with van der Waals surface area (Å²) in [5.41, 5.74) is -0.0657. The van der Waals surface area contributed by atoms with Gasteiger partial charge in [0.15, 0.2) is 12.4 Å². The maximum atomic E-state index is 11.3. The van der Waals surface area contributed by atoms with Gasteiger partial charge in [-0.3, -0.25) is 4.79 Å². The van der Waals surface area contributed by atoms with Gasteiger partial charge in [-0.25, -0.2) is 4.79 Å². The number of halogens is 1. The number of benzene rings is 1. The van der Waals surface area contributed by atoms with Crippen LogP contribution in [0.25, 0.3) is 0 Å². The minimum Gasteiger partial charge on any atom is -0.481 e. The number of amides is 1. The Labute approximate surface area is 104 Å². The topological polar surface area (TPSA) is 66.8 Å². The third-order valence-corrected chi connectivity index (χ3v) is 2.33. The third kappa shape index (κ3) is 3.35. The van der Waals surface area contributed by atoms with E-state index < -0.39 is 5.97 Å². The SMILES string of the molecule is CN(C)C(=O)COc1c(Cl)cccc1C(=O)O. The Morgan fingerprint density at radius 3 is 2.59 bits per heavy atom. The van der Waals surface area contributed by atoms with Crippen molar-refractivity contribution >= 4 is 23.5 Å². The van der Waals surface area contributed by atoms with Gasteiger partial charge in [0, 0.05) is 14.1 Å². The lowest BCUT2D eigenvalue weighted by Crippen LogP contribution is -2.27. The number of hydrogen-bond donors (Lipinski definition) is 1. The standard InChI is InChI=1S/C11H12ClNO4/c1-13(2)9(14)6-17-10-7(11(15)16)4-3-5-8(10)12/h3-5H,6H2,1-2H3,(H,15,16). The van der Waals surface area contributed by atoms with Crippen LogP contribution in [0.15, 0.2) is 18.2 Å². The fraction of sp³-hybridized carbons (Fsp3) is 0.273. The summed E-state index contributed by atoms with van der Waals surface area (Å²) in [7, 11) is 3.16. The Balaban J connectivity index is 2.90.